The minimum Gasteiger partial charge on any atom is -0.336 e. The molecular weight excluding hydrogens is 328 g/mol. The Bertz CT molecular complexity index is 859. The third kappa shape index (κ3) is 3.59. The Morgan fingerprint density at radius 2 is 2.12 bits per heavy atom. The Morgan fingerprint density at radius 3 is 2.83 bits per heavy atom. The van der Waals surface area contributed by atoms with Crippen LogP contribution in [-0.2, 0) is 26.9 Å². The maximum absolute atomic E-state index is 12.7. The third-order valence-electron chi connectivity index (χ3n) is 4.24. The molecule has 130 valence electrons. The number of amides is 1. The Kier molecular flexibility index (Phi) is 4.60. The quantitative estimate of drug-likeness (QED) is 0.863. The van der Waals surface area contributed by atoms with Gasteiger partial charge in [0.1, 0.15) is 18.1 Å². The molecule has 2 heterocycles. The highest BCUT2D eigenvalue weighted by atomic mass is 32.2. The zero-order valence-corrected chi connectivity index (χ0v) is 14.7. The lowest BCUT2D eigenvalue weighted by Crippen LogP contribution is -2.53. The normalized spacial score (nSPS) is 18.9. The lowest BCUT2D eigenvalue weighted by molar-refractivity contribution is -0.134. The molecule has 1 aromatic carbocycles. The van der Waals surface area contributed by atoms with Crippen LogP contribution in [0.4, 0.5) is 0 Å². The van der Waals surface area contributed by atoms with Gasteiger partial charge in [-0.05, 0) is 19.1 Å². The van der Waals surface area contributed by atoms with Crippen molar-refractivity contribution < 1.29 is 13.2 Å². The van der Waals surface area contributed by atoms with E-state index in [1.54, 1.807) is 4.57 Å². The smallest absolute Gasteiger partial charge is 0.242 e. The largest absolute Gasteiger partial charge is 0.336 e. The summed E-state index contributed by atoms with van der Waals surface area (Å²) in [4.78, 5) is 19.0. The van der Waals surface area contributed by atoms with E-state index in [1.165, 1.54) is 6.26 Å². The fourth-order valence-corrected chi connectivity index (χ4v) is 3.77. The minimum atomic E-state index is -3.24. The molecule has 1 atom stereocenters. The van der Waals surface area contributed by atoms with Crippen molar-refractivity contribution in [3.63, 3.8) is 0 Å². The molecule has 2 aromatic rings. The molecule has 1 N–H and O–H groups in total. The average Bonchev–Trinajstić information content (AvgIpc) is 2.83. The molecule has 0 spiro atoms. The van der Waals surface area contributed by atoms with Crippen molar-refractivity contribution >= 4 is 26.8 Å². The number of nitrogens with one attached hydrogen (secondary N) is 1. The number of piperazine rings is 1. The summed E-state index contributed by atoms with van der Waals surface area (Å²) < 4.78 is 25.2. The fourth-order valence-electron chi connectivity index (χ4n) is 3.08. The summed E-state index contributed by atoms with van der Waals surface area (Å²) >= 11 is 0. The van der Waals surface area contributed by atoms with Gasteiger partial charge in [-0.1, -0.05) is 12.1 Å². The first kappa shape index (κ1) is 16.9. The van der Waals surface area contributed by atoms with Crippen molar-refractivity contribution in [2.75, 3.05) is 25.9 Å². The maximum Gasteiger partial charge on any atom is 0.242 e. The molecular formula is C16H22N4O3S. The van der Waals surface area contributed by atoms with Crippen molar-refractivity contribution in [3.05, 3.63) is 30.1 Å². The molecule has 1 aromatic heterocycles. The van der Waals surface area contributed by atoms with Crippen LogP contribution in [0.1, 0.15) is 12.7 Å². The molecule has 0 saturated carbocycles. The molecule has 1 saturated heterocycles. The number of sulfone groups is 1. The van der Waals surface area contributed by atoms with Crippen LogP contribution >= 0.6 is 0 Å². The average molecular weight is 350 g/mol. The SMILES string of the molecule is C[C@H]1CNCCN1C(=O)Cn1c(CS(C)(=O)=O)nc2ccccc21. The monoisotopic (exact) mass is 350 g/mol. The van der Waals surface area contributed by atoms with Crippen molar-refractivity contribution in [1.82, 2.24) is 19.8 Å². The molecule has 1 fully saturated rings. The number of carbonyl (C=O) groups is 1. The predicted molar refractivity (Wildman–Crippen MR) is 92.3 cm³/mol. The number of carbonyl (C=O) groups excluding carboxylic acids is 1. The number of fused-ring (bicyclic) bond motifs is 1. The van der Waals surface area contributed by atoms with E-state index in [9.17, 15) is 13.2 Å². The second-order valence-corrected chi connectivity index (χ2v) is 8.45. The molecule has 0 unspecified atom stereocenters. The second kappa shape index (κ2) is 6.52. The van der Waals surface area contributed by atoms with Crippen molar-refractivity contribution in [3.8, 4) is 0 Å². The second-order valence-electron chi connectivity index (χ2n) is 6.31. The van der Waals surface area contributed by atoms with Gasteiger partial charge in [-0.3, -0.25) is 4.79 Å². The predicted octanol–water partition coefficient (Wildman–Crippen LogP) is 0.401. The van der Waals surface area contributed by atoms with Crippen LogP contribution in [0.2, 0.25) is 0 Å². The third-order valence-corrected chi connectivity index (χ3v) is 5.02. The molecule has 1 aliphatic heterocycles. The first-order chi connectivity index (χ1) is 11.3. The number of benzene rings is 1. The van der Waals surface area contributed by atoms with E-state index in [0.717, 1.165) is 18.6 Å². The topological polar surface area (TPSA) is 84.3 Å². The van der Waals surface area contributed by atoms with Gasteiger partial charge in [0.05, 0.1) is 11.0 Å². The van der Waals surface area contributed by atoms with Gasteiger partial charge in [-0.15, -0.1) is 0 Å². The highest BCUT2D eigenvalue weighted by molar-refractivity contribution is 7.89. The number of hydrogen-bond acceptors (Lipinski definition) is 5. The van der Waals surface area contributed by atoms with Crippen LogP contribution in [0.3, 0.4) is 0 Å². The van der Waals surface area contributed by atoms with Gasteiger partial charge in [0.15, 0.2) is 9.84 Å². The van der Waals surface area contributed by atoms with Gasteiger partial charge in [0, 0.05) is 31.9 Å². The van der Waals surface area contributed by atoms with Gasteiger partial charge in [0.2, 0.25) is 5.91 Å². The van der Waals surface area contributed by atoms with Crippen molar-refractivity contribution in [2.45, 2.75) is 25.3 Å². The van der Waals surface area contributed by atoms with Crippen LogP contribution in [-0.4, -0.2) is 60.7 Å². The van der Waals surface area contributed by atoms with Crippen LogP contribution < -0.4 is 5.32 Å². The van der Waals surface area contributed by atoms with E-state index < -0.39 is 9.84 Å². The van der Waals surface area contributed by atoms with E-state index in [0.29, 0.717) is 17.9 Å². The number of aromatic nitrogens is 2. The molecule has 24 heavy (non-hydrogen) atoms. The lowest BCUT2D eigenvalue weighted by atomic mass is 10.2. The molecule has 1 aliphatic rings. The summed E-state index contributed by atoms with van der Waals surface area (Å²) in [5, 5.41) is 3.26. The Hall–Kier alpha value is -1.93. The number of imidazole rings is 1. The Labute approximate surface area is 141 Å². The van der Waals surface area contributed by atoms with Crippen LogP contribution in [0.15, 0.2) is 24.3 Å². The van der Waals surface area contributed by atoms with Crippen molar-refractivity contribution in [2.24, 2.45) is 0 Å². The minimum absolute atomic E-state index is 0.0121. The van der Waals surface area contributed by atoms with Crippen molar-refractivity contribution in [1.29, 1.82) is 0 Å². The van der Waals surface area contributed by atoms with Crippen LogP contribution in [0.5, 0.6) is 0 Å². The van der Waals surface area contributed by atoms with Crippen LogP contribution in [0, 0.1) is 0 Å². The summed E-state index contributed by atoms with van der Waals surface area (Å²) in [6, 6.07) is 7.53. The molecule has 0 aliphatic carbocycles. The van der Waals surface area contributed by atoms with E-state index in [4.69, 9.17) is 0 Å². The highest BCUT2D eigenvalue weighted by Crippen LogP contribution is 2.18. The molecule has 1 amide bonds. The zero-order valence-electron chi connectivity index (χ0n) is 13.9. The van der Waals surface area contributed by atoms with Gasteiger partial charge >= 0.3 is 0 Å². The van der Waals surface area contributed by atoms with Gasteiger partial charge in [-0.25, -0.2) is 13.4 Å². The first-order valence-electron chi connectivity index (χ1n) is 7.97. The van der Waals surface area contributed by atoms with E-state index >= 15 is 0 Å². The van der Waals surface area contributed by atoms with Gasteiger partial charge in [0.25, 0.3) is 0 Å². The van der Waals surface area contributed by atoms with Gasteiger partial charge < -0.3 is 14.8 Å². The Morgan fingerprint density at radius 1 is 1.38 bits per heavy atom. The number of hydrogen-bond donors (Lipinski definition) is 1. The number of nitrogens with zero attached hydrogens (tertiary/aromatic N) is 3. The highest BCUT2D eigenvalue weighted by Gasteiger charge is 2.25. The molecule has 0 radical (unpaired) electrons. The van der Waals surface area contributed by atoms with E-state index in [2.05, 4.69) is 10.3 Å². The molecule has 0 bridgehead atoms. The number of para-hydroxylation sites is 2. The summed E-state index contributed by atoms with van der Waals surface area (Å²) in [6.45, 7) is 4.32. The standard InChI is InChI=1S/C16H22N4O3S/c1-12-9-17-7-8-19(12)16(21)10-20-14-6-4-3-5-13(14)18-15(20)11-24(2,22)23/h3-6,12,17H,7-11H2,1-2H3/t12-/m0/s1. The zero-order chi connectivity index (χ0) is 17.3. The van der Waals surface area contributed by atoms with Crippen LogP contribution in [0.25, 0.3) is 11.0 Å². The maximum atomic E-state index is 12.7. The van der Waals surface area contributed by atoms with Gasteiger partial charge in [-0.2, -0.15) is 0 Å². The van der Waals surface area contributed by atoms with E-state index in [1.807, 2.05) is 36.1 Å². The lowest BCUT2D eigenvalue weighted by Gasteiger charge is -2.34. The van der Waals surface area contributed by atoms with E-state index in [-0.39, 0.29) is 24.2 Å². The first-order valence-corrected chi connectivity index (χ1v) is 10.0. The summed E-state index contributed by atoms with van der Waals surface area (Å²) in [5.41, 5.74) is 1.49. The summed E-state index contributed by atoms with van der Waals surface area (Å²) in [5.74, 6) is 0.225. The number of rotatable bonds is 4. The fraction of sp³-hybridized carbons (Fsp3) is 0.500. The summed E-state index contributed by atoms with van der Waals surface area (Å²) in [7, 11) is -3.24. The molecule has 7 nitrogen and oxygen atoms in total. The summed E-state index contributed by atoms with van der Waals surface area (Å²) in [6.07, 6.45) is 1.18. The Balaban J connectivity index is 1.94. The molecule has 8 heteroatoms. The molecule has 3 rings (SSSR count).